The third-order valence-corrected chi connectivity index (χ3v) is 5.36. The zero-order valence-electron chi connectivity index (χ0n) is 19.4. The molecule has 0 aliphatic carbocycles. The van der Waals surface area contributed by atoms with Crippen molar-refractivity contribution in [1.29, 1.82) is 0 Å². The van der Waals surface area contributed by atoms with Gasteiger partial charge in [-0.25, -0.2) is 14.6 Å². The first-order valence-electron chi connectivity index (χ1n) is 10.8. The minimum Gasteiger partial charge on any atom is -0.497 e. The number of nitrogens with zero attached hydrogens (tertiary/aromatic N) is 2. The van der Waals surface area contributed by atoms with Crippen LogP contribution in [0.4, 0.5) is 4.79 Å². The number of para-hydroxylation sites is 1. The highest BCUT2D eigenvalue weighted by molar-refractivity contribution is 6.08. The van der Waals surface area contributed by atoms with Gasteiger partial charge in [-0.3, -0.25) is 15.0 Å². The van der Waals surface area contributed by atoms with Gasteiger partial charge in [-0.2, -0.15) is 5.01 Å². The van der Waals surface area contributed by atoms with Crippen molar-refractivity contribution in [1.82, 2.24) is 20.7 Å². The van der Waals surface area contributed by atoms with E-state index in [1.807, 2.05) is 6.07 Å². The van der Waals surface area contributed by atoms with Crippen LogP contribution in [0.2, 0.25) is 0 Å². The summed E-state index contributed by atoms with van der Waals surface area (Å²) in [4.78, 5) is 54.5. The molecule has 3 aromatic rings. The van der Waals surface area contributed by atoms with Crippen molar-refractivity contribution in [2.75, 3.05) is 13.7 Å². The summed E-state index contributed by atoms with van der Waals surface area (Å²) in [6, 6.07) is 17.4. The number of hydrogen-bond donors (Lipinski definition) is 2. The summed E-state index contributed by atoms with van der Waals surface area (Å²) in [7, 11) is 1.48. The molecule has 2 heterocycles. The number of aromatic nitrogens is 1. The highest BCUT2D eigenvalue weighted by atomic mass is 16.5. The Morgan fingerprint density at radius 2 is 1.78 bits per heavy atom. The van der Waals surface area contributed by atoms with Crippen LogP contribution in [0.3, 0.4) is 0 Å². The normalized spacial score (nSPS) is 16.8. The Morgan fingerprint density at radius 3 is 2.53 bits per heavy atom. The number of imide groups is 1. The molecule has 0 unspecified atom stereocenters. The number of ether oxygens (including phenoxy) is 3. The quantitative estimate of drug-likeness (QED) is 0.363. The second-order valence-electron chi connectivity index (χ2n) is 7.81. The van der Waals surface area contributed by atoms with Gasteiger partial charge in [0.25, 0.3) is 11.8 Å². The summed E-state index contributed by atoms with van der Waals surface area (Å²) in [5, 5.41) is 3.10. The summed E-state index contributed by atoms with van der Waals surface area (Å²) in [5.74, 6) is -1.53. The van der Waals surface area contributed by atoms with E-state index in [2.05, 4.69) is 15.7 Å². The maximum Gasteiger partial charge on any atom is 0.344 e. The smallest absolute Gasteiger partial charge is 0.344 e. The van der Waals surface area contributed by atoms with Crippen molar-refractivity contribution in [3.05, 3.63) is 84.1 Å². The van der Waals surface area contributed by atoms with E-state index in [4.69, 9.17) is 14.2 Å². The fraction of sp³-hybridized carbons (Fsp3) is 0.160. The molecule has 184 valence electrons. The molecule has 0 spiro atoms. The van der Waals surface area contributed by atoms with Crippen LogP contribution in [0.5, 0.6) is 17.4 Å². The zero-order chi connectivity index (χ0) is 25.7. The van der Waals surface area contributed by atoms with E-state index in [1.165, 1.54) is 32.4 Å². The Kier molecular flexibility index (Phi) is 6.81. The lowest BCUT2D eigenvalue weighted by molar-refractivity contribution is -0.140. The topological polar surface area (TPSA) is 136 Å². The molecule has 1 aromatic heterocycles. The van der Waals surface area contributed by atoms with Gasteiger partial charge in [-0.05, 0) is 48.9 Å². The summed E-state index contributed by atoms with van der Waals surface area (Å²) in [6.45, 7) is 0.746. The van der Waals surface area contributed by atoms with Crippen LogP contribution >= 0.6 is 0 Å². The monoisotopic (exact) mass is 490 g/mol. The molecule has 36 heavy (non-hydrogen) atoms. The van der Waals surface area contributed by atoms with Crippen LogP contribution in [0.1, 0.15) is 22.8 Å². The van der Waals surface area contributed by atoms with Crippen molar-refractivity contribution in [3.63, 3.8) is 0 Å². The highest BCUT2D eigenvalue weighted by Crippen LogP contribution is 2.30. The molecule has 4 amide bonds. The van der Waals surface area contributed by atoms with Crippen LogP contribution in [0.15, 0.2) is 72.9 Å². The SMILES string of the molecule is COc1cccc([C@]2(C)NC(=O)N(NC(=O)COC(=O)c3cccnc3Oc3ccccc3)C2=O)c1. The van der Waals surface area contributed by atoms with Crippen LogP contribution in [0.25, 0.3) is 0 Å². The highest BCUT2D eigenvalue weighted by Gasteiger charge is 2.50. The molecule has 0 bridgehead atoms. The molecule has 1 aliphatic rings. The molecule has 2 N–H and O–H groups in total. The van der Waals surface area contributed by atoms with Crippen molar-refractivity contribution >= 4 is 23.8 Å². The number of carbonyl (C=O) groups is 4. The molecule has 0 radical (unpaired) electrons. The lowest BCUT2D eigenvalue weighted by atomic mass is 9.92. The van der Waals surface area contributed by atoms with E-state index in [0.29, 0.717) is 22.1 Å². The second-order valence-corrected chi connectivity index (χ2v) is 7.81. The molecule has 1 saturated heterocycles. The van der Waals surface area contributed by atoms with E-state index >= 15 is 0 Å². The zero-order valence-corrected chi connectivity index (χ0v) is 19.4. The Morgan fingerprint density at radius 1 is 1.03 bits per heavy atom. The average molecular weight is 490 g/mol. The third kappa shape index (κ3) is 4.94. The number of methoxy groups -OCH3 is 1. The van der Waals surface area contributed by atoms with E-state index in [1.54, 1.807) is 48.5 Å². The molecule has 11 heteroatoms. The van der Waals surface area contributed by atoms with Gasteiger partial charge < -0.3 is 19.5 Å². The van der Waals surface area contributed by atoms with Crippen molar-refractivity contribution in [2.24, 2.45) is 0 Å². The maximum absolute atomic E-state index is 13.0. The van der Waals surface area contributed by atoms with Gasteiger partial charge in [0, 0.05) is 6.20 Å². The number of pyridine rings is 1. The van der Waals surface area contributed by atoms with Crippen molar-refractivity contribution in [3.8, 4) is 17.4 Å². The summed E-state index contributed by atoms with van der Waals surface area (Å²) in [6.07, 6.45) is 1.44. The molecule has 4 rings (SSSR count). The maximum atomic E-state index is 13.0. The first-order chi connectivity index (χ1) is 17.3. The fourth-order valence-electron chi connectivity index (χ4n) is 3.46. The largest absolute Gasteiger partial charge is 0.497 e. The van der Waals surface area contributed by atoms with Gasteiger partial charge in [0.05, 0.1) is 7.11 Å². The molecule has 1 fully saturated rings. The molecule has 1 atom stereocenters. The van der Waals surface area contributed by atoms with Gasteiger partial charge >= 0.3 is 12.0 Å². The van der Waals surface area contributed by atoms with Crippen molar-refractivity contribution in [2.45, 2.75) is 12.5 Å². The predicted octanol–water partition coefficient (Wildman–Crippen LogP) is 2.54. The predicted molar refractivity (Wildman–Crippen MR) is 125 cm³/mol. The molecule has 0 saturated carbocycles. The molecular formula is C25H22N4O7. The van der Waals surface area contributed by atoms with Crippen LogP contribution in [0, 0.1) is 0 Å². The number of carbonyl (C=O) groups excluding carboxylic acids is 4. The number of nitrogens with one attached hydrogen (secondary N) is 2. The Bertz CT molecular complexity index is 1310. The number of urea groups is 1. The number of hydrogen-bond acceptors (Lipinski definition) is 8. The average Bonchev–Trinajstić information content (AvgIpc) is 3.12. The Balaban J connectivity index is 1.39. The summed E-state index contributed by atoms with van der Waals surface area (Å²) >= 11 is 0. The van der Waals surface area contributed by atoms with Gasteiger partial charge in [-0.1, -0.05) is 30.3 Å². The van der Waals surface area contributed by atoms with E-state index in [9.17, 15) is 19.2 Å². The van der Waals surface area contributed by atoms with Gasteiger partial charge in [0.15, 0.2) is 6.61 Å². The second kappa shape index (κ2) is 10.1. The number of amides is 4. The van der Waals surface area contributed by atoms with E-state index in [-0.39, 0.29) is 11.4 Å². The van der Waals surface area contributed by atoms with Gasteiger partial charge in [0.1, 0.15) is 22.6 Å². The first-order valence-corrected chi connectivity index (χ1v) is 10.8. The Hall–Kier alpha value is -4.93. The molecule has 1 aliphatic heterocycles. The fourth-order valence-corrected chi connectivity index (χ4v) is 3.46. The van der Waals surface area contributed by atoms with E-state index < -0.39 is 36.0 Å². The number of esters is 1. The molecule has 11 nitrogen and oxygen atoms in total. The lowest BCUT2D eigenvalue weighted by Gasteiger charge is -2.22. The summed E-state index contributed by atoms with van der Waals surface area (Å²) in [5.41, 5.74) is 1.19. The number of benzene rings is 2. The number of rotatable bonds is 8. The third-order valence-electron chi connectivity index (χ3n) is 5.36. The summed E-state index contributed by atoms with van der Waals surface area (Å²) < 4.78 is 15.9. The Labute approximate surface area is 205 Å². The molecular weight excluding hydrogens is 468 g/mol. The van der Waals surface area contributed by atoms with Crippen LogP contribution in [-0.4, -0.2) is 47.5 Å². The lowest BCUT2D eigenvalue weighted by Crippen LogP contribution is -2.49. The van der Waals surface area contributed by atoms with Crippen LogP contribution < -0.4 is 20.2 Å². The first kappa shape index (κ1) is 24.2. The van der Waals surface area contributed by atoms with Crippen molar-refractivity contribution < 1.29 is 33.4 Å². The standard InChI is InChI=1S/C25H22N4O7/c1-25(16-8-6-11-18(14-16)34-2)23(32)29(24(33)27-25)28-20(30)15-35-22(31)19-12-7-13-26-21(19)36-17-9-4-3-5-10-17/h3-14H,15H2,1-2H3,(H,27,33)(H,28,30)/t25-/m0/s1. The minimum absolute atomic E-state index is 0.00253. The number of hydrazine groups is 1. The van der Waals surface area contributed by atoms with Crippen LogP contribution in [-0.2, 0) is 19.9 Å². The molecule has 2 aromatic carbocycles. The van der Waals surface area contributed by atoms with Gasteiger partial charge in [-0.15, -0.1) is 0 Å². The van der Waals surface area contributed by atoms with Gasteiger partial charge in [0.2, 0.25) is 5.88 Å². The van der Waals surface area contributed by atoms with E-state index in [0.717, 1.165) is 0 Å². The minimum atomic E-state index is -1.44.